The van der Waals surface area contributed by atoms with Gasteiger partial charge in [-0.3, -0.25) is 24.0 Å². The molecule has 2 aromatic rings. The number of hydrogen-bond acceptors (Lipinski definition) is 4. The Hall–Kier alpha value is -2.41. The first-order valence-electron chi connectivity index (χ1n) is 10.2. The Morgan fingerprint density at radius 2 is 1.75 bits per heavy atom. The largest absolute Gasteiger partial charge is 0.329 e. The molecule has 28 heavy (non-hydrogen) atoms. The van der Waals surface area contributed by atoms with E-state index in [9.17, 15) is 14.4 Å². The average Bonchev–Trinajstić information content (AvgIpc) is 2.92. The first-order valence-corrected chi connectivity index (χ1v) is 10.2. The summed E-state index contributed by atoms with van der Waals surface area (Å²) < 4.78 is 3.16. The number of aromatic nitrogens is 2. The third-order valence-electron chi connectivity index (χ3n) is 6.37. The molecule has 0 saturated carbocycles. The number of imidazole rings is 1. The van der Waals surface area contributed by atoms with Crippen molar-refractivity contribution < 1.29 is 9.59 Å². The lowest BCUT2D eigenvalue weighted by Gasteiger charge is -2.34. The average molecular weight is 384 g/mol. The predicted octanol–water partition coefficient (Wildman–Crippen LogP) is 1.91. The Bertz CT molecular complexity index is 979. The van der Waals surface area contributed by atoms with Gasteiger partial charge in [-0.25, -0.2) is 4.79 Å². The Morgan fingerprint density at radius 1 is 1.04 bits per heavy atom. The van der Waals surface area contributed by atoms with E-state index in [0.717, 1.165) is 37.0 Å². The molecule has 1 aromatic carbocycles. The summed E-state index contributed by atoms with van der Waals surface area (Å²) in [5, 5.41) is 2.35. The third-order valence-corrected chi connectivity index (χ3v) is 6.37. The topological polar surface area (TPSA) is 76.3 Å². The van der Waals surface area contributed by atoms with Crippen molar-refractivity contribution in [1.29, 1.82) is 0 Å². The number of aryl methyl sites for hydroxylation is 1. The number of carbonyl (C=O) groups is 2. The van der Waals surface area contributed by atoms with Crippen molar-refractivity contribution in [1.82, 2.24) is 19.4 Å². The van der Waals surface area contributed by atoms with E-state index in [-0.39, 0.29) is 18.0 Å². The third kappa shape index (κ3) is 3.17. The van der Waals surface area contributed by atoms with E-state index in [4.69, 9.17) is 0 Å². The predicted molar refractivity (Wildman–Crippen MR) is 107 cm³/mol. The fraction of sp³-hybridized carbons (Fsp3) is 0.571. The van der Waals surface area contributed by atoms with Crippen molar-refractivity contribution >= 4 is 22.8 Å². The first kappa shape index (κ1) is 18.9. The first-order chi connectivity index (χ1) is 13.4. The summed E-state index contributed by atoms with van der Waals surface area (Å²) in [5.41, 5.74) is 2.65. The number of rotatable bonds is 3. The molecule has 7 nitrogen and oxygen atoms in total. The van der Waals surface area contributed by atoms with Crippen LogP contribution in [-0.2, 0) is 16.6 Å². The number of nitrogens with zero attached hydrogens (tertiary/aromatic N) is 3. The second kappa shape index (κ2) is 7.20. The molecule has 0 bridgehead atoms. The summed E-state index contributed by atoms with van der Waals surface area (Å²) in [6, 6.07) is 6.11. The quantitative estimate of drug-likeness (QED) is 0.820. The minimum absolute atomic E-state index is 0.212. The van der Waals surface area contributed by atoms with Crippen LogP contribution in [0.15, 0.2) is 23.0 Å². The molecule has 1 N–H and O–H groups in total. The molecule has 0 aliphatic carbocycles. The van der Waals surface area contributed by atoms with Gasteiger partial charge in [0.25, 0.3) is 0 Å². The van der Waals surface area contributed by atoms with Gasteiger partial charge in [-0.2, -0.15) is 0 Å². The fourth-order valence-corrected chi connectivity index (χ4v) is 4.61. The van der Waals surface area contributed by atoms with Crippen LogP contribution in [0.1, 0.15) is 57.1 Å². The molecular formula is C21H28N4O3. The van der Waals surface area contributed by atoms with Gasteiger partial charge in [0.2, 0.25) is 11.8 Å². The van der Waals surface area contributed by atoms with E-state index in [1.165, 1.54) is 5.56 Å². The molecule has 0 spiro atoms. The second-order valence-corrected chi connectivity index (χ2v) is 8.33. The minimum Gasteiger partial charge on any atom is -0.301 e. The zero-order chi connectivity index (χ0) is 20.0. The SMILES string of the molecule is CC(C)N1CCC(c2ccc3c(c2)n(C)c(=O)n3C2CCC(=O)NC2=O)CC1. The van der Waals surface area contributed by atoms with E-state index >= 15 is 0 Å². The number of carbonyl (C=O) groups excluding carboxylic acids is 2. The van der Waals surface area contributed by atoms with Crippen LogP contribution in [-0.4, -0.2) is 45.0 Å². The van der Waals surface area contributed by atoms with E-state index in [1.807, 2.05) is 6.07 Å². The summed E-state index contributed by atoms with van der Waals surface area (Å²) in [4.78, 5) is 39.1. The number of piperidine rings is 2. The van der Waals surface area contributed by atoms with Crippen molar-refractivity contribution in [3.05, 3.63) is 34.2 Å². The van der Waals surface area contributed by atoms with Crippen molar-refractivity contribution in [2.75, 3.05) is 13.1 Å². The minimum atomic E-state index is -0.631. The number of amides is 2. The lowest BCUT2D eigenvalue weighted by molar-refractivity contribution is -0.135. The molecule has 2 aliphatic rings. The maximum absolute atomic E-state index is 12.9. The van der Waals surface area contributed by atoms with Crippen LogP contribution in [0.4, 0.5) is 0 Å². The van der Waals surface area contributed by atoms with Crippen LogP contribution in [0.5, 0.6) is 0 Å². The van der Waals surface area contributed by atoms with Crippen LogP contribution < -0.4 is 11.0 Å². The van der Waals surface area contributed by atoms with Crippen LogP contribution in [0.25, 0.3) is 11.0 Å². The molecule has 2 fully saturated rings. The maximum atomic E-state index is 12.9. The number of fused-ring (bicyclic) bond motifs is 1. The highest BCUT2D eigenvalue weighted by atomic mass is 16.2. The molecule has 4 rings (SSSR count). The highest BCUT2D eigenvalue weighted by molar-refractivity contribution is 6.00. The summed E-state index contributed by atoms with van der Waals surface area (Å²) in [6.45, 7) is 6.66. The van der Waals surface area contributed by atoms with Gasteiger partial charge in [0, 0.05) is 19.5 Å². The molecule has 2 aliphatic heterocycles. The van der Waals surface area contributed by atoms with Gasteiger partial charge in [0.1, 0.15) is 6.04 Å². The van der Waals surface area contributed by atoms with Gasteiger partial charge in [-0.15, -0.1) is 0 Å². The van der Waals surface area contributed by atoms with E-state index in [1.54, 1.807) is 16.2 Å². The molecule has 7 heteroatoms. The smallest absolute Gasteiger partial charge is 0.301 e. The Morgan fingerprint density at radius 3 is 2.39 bits per heavy atom. The highest BCUT2D eigenvalue weighted by Gasteiger charge is 2.31. The number of benzene rings is 1. The van der Waals surface area contributed by atoms with Gasteiger partial charge in [-0.1, -0.05) is 6.07 Å². The molecule has 1 unspecified atom stereocenters. The van der Waals surface area contributed by atoms with E-state index in [0.29, 0.717) is 18.4 Å². The summed E-state index contributed by atoms with van der Waals surface area (Å²) in [7, 11) is 1.75. The Balaban J connectivity index is 1.67. The van der Waals surface area contributed by atoms with Crippen molar-refractivity contribution in [2.45, 2.75) is 57.5 Å². The standard InChI is InChI=1S/C21H28N4O3/c1-13(2)24-10-8-14(9-11-24)15-4-5-16-18(12-15)23(3)21(28)25(16)17-6-7-19(26)22-20(17)27/h4-5,12-14,17H,6-11H2,1-3H3,(H,22,26,27). The molecule has 1 aromatic heterocycles. The molecule has 2 saturated heterocycles. The fourth-order valence-electron chi connectivity index (χ4n) is 4.61. The maximum Gasteiger partial charge on any atom is 0.329 e. The summed E-state index contributed by atoms with van der Waals surface area (Å²) in [6.07, 6.45) is 2.85. The monoisotopic (exact) mass is 384 g/mol. The molecule has 3 heterocycles. The van der Waals surface area contributed by atoms with E-state index < -0.39 is 11.9 Å². The number of hydrogen-bond donors (Lipinski definition) is 1. The molecule has 150 valence electrons. The Kier molecular flexibility index (Phi) is 4.87. The number of imide groups is 1. The molecule has 1 atom stereocenters. The molecular weight excluding hydrogens is 356 g/mol. The van der Waals surface area contributed by atoms with Crippen LogP contribution >= 0.6 is 0 Å². The van der Waals surface area contributed by atoms with Crippen LogP contribution in [0, 0.1) is 0 Å². The van der Waals surface area contributed by atoms with Crippen LogP contribution in [0.2, 0.25) is 0 Å². The van der Waals surface area contributed by atoms with Crippen molar-refractivity contribution in [3.8, 4) is 0 Å². The van der Waals surface area contributed by atoms with Gasteiger partial charge in [-0.05, 0) is 69.8 Å². The zero-order valence-electron chi connectivity index (χ0n) is 16.8. The molecule has 2 amide bonds. The van der Waals surface area contributed by atoms with Gasteiger partial charge < -0.3 is 4.90 Å². The van der Waals surface area contributed by atoms with Gasteiger partial charge in [0.15, 0.2) is 0 Å². The van der Waals surface area contributed by atoms with Gasteiger partial charge >= 0.3 is 5.69 Å². The second-order valence-electron chi connectivity index (χ2n) is 8.33. The lowest BCUT2D eigenvalue weighted by Crippen LogP contribution is -2.44. The Labute approximate surface area is 164 Å². The molecule has 0 radical (unpaired) electrons. The zero-order valence-corrected chi connectivity index (χ0v) is 16.8. The normalized spacial score (nSPS) is 22.2. The van der Waals surface area contributed by atoms with Gasteiger partial charge in [0.05, 0.1) is 11.0 Å². The van der Waals surface area contributed by atoms with Crippen molar-refractivity contribution in [2.24, 2.45) is 7.05 Å². The summed E-state index contributed by atoms with van der Waals surface area (Å²) >= 11 is 0. The number of nitrogens with one attached hydrogen (secondary N) is 1. The summed E-state index contributed by atoms with van der Waals surface area (Å²) in [5.74, 6) is -0.172. The number of likely N-dealkylation sites (tertiary alicyclic amines) is 1. The van der Waals surface area contributed by atoms with Crippen molar-refractivity contribution in [3.63, 3.8) is 0 Å². The lowest BCUT2D eigenvalue weighted by atomic mass is 9.89. The van der Waals surface area contributed by atoms with E-state index in [2.05, 4.69) is 36.2 Å². The van der Waals surface area contributed by atoms with Crippen LogP contribution in [0.3, 0.4) is 0 Å². The highest BCUT2D eigenvalue weighted by Crippen LogP contribution is 2.31.